The first-order chi connectivity index (χ1) is 14.1. The molecule has 0 saturated heterocycles. The molecule has 1 aliphatic heterocycles. The first-order valence-electron chi connectivity index (χ1n) is 9.16. The maximum absolute atomic E-state index is 13.2. The van der Waals surface area contributed by atoms with E-state index in [1.807, 2.05) is 30.3 Å². The summed E-state index contributed by atoms with van der Waals surface area (Å²) in [7, 11) is 0. The van der Waals surface area contributed by atoms with Crippen LogP contribution >= 0.6 is 0 Å². The quantitative estimate of drug-likeness (QED) is 0.380. The third-order valence-electron chi connectivity index (χ3n) is 5.18. The number of hydrogen-bond donors (Lipinski definition) is 0. The van der Waals surface area contributed by atoms with E-state index in [2.05, 4.69) is 5.16 Å². The molecule has 1 aromatic heterocycles. The number of carbonyl (C=O) groups is 1. The van der Waals surface area contributed by atoms with Gasteiger partial charge in [0.1, 0.15) is 5.52 Å². The van der Waals surface area contributed by atoms with Crippen LogP contribution in [0.4, 0.5) is 11.4 Å². The molecule has 0 unspecified atom stereocenters. The molecule has 142 valence electrons. The van der Waals surface area contributed by atoms with Crippen molar-refractivity contribution in [3.8, 4) is 11.3 Å². The van der Waals surface area contributed by atoms with Crippen molar-refractivity contribution in [1.82, 2.24) is 5.16 Å². The van der Waals surface area contributed by atoms with Crippen molar-refractivity contribution in [2.24, 2.45) is 0 Å². The molecule has 0 atom stereocenters. The lowest BCUT2D eigenvalue weighted by molar-refractivity contribution is -0.384. The van der Waals surface area contributed by atoms with Crippen LogP contribution < -0.4 is 4.90 Å². The summed E-state index contributed by atoms with van der Waals surface area (Å²) in [5.74, 6) is 0.402. The summed E-state index contributed by atoms with van der Waals surface area (Å²) >= 11 is 0. The Morgan fingerprint density at radius 3 is 2.69 bits per heavy atom. The highest BCUT2D eigenvalue weighted by Gasteiger charge is 2.28. The molecule has 2 heterocycles. The Bertz CT molecular complexity index is 1260. The molecular weight excluding hydrogens is 370 g/mol. The zero-order valence-corrected chi connectivity index (χ0v) is 15.2. The Labute approximate surface area is 165 Å². The molecule has 29 heavy (non-hydrogen) atoms. The van der Waals surface area contributed by atoms with Crippen molar-refractivity contribution < 1.29 is 14.2 Å². The van der Waals surface area contributed by atoms with E-state index in [4.69, 9.17) is 4.52 Å². The van der Waals surface area contributed by atoms with E-state index in [9.17, 15) is 14.9 Å². The second-order valence-corrected chi connectivity index (χ2v) is 6.89. The Morgan fingerprint density at radius 2 is 1.90 bits per heavy atom. The molecule has 0 radical (unpaired) electrons. The van der Waals surface area contributed by atoms with Gasteiger partial charge in [-0.2, -0.15) is 0 Å². The van der Waals surface area contributed by atoms with Gasteiger partial charge < -0.3 is 9.42 Å². The minimum atomic E-state index is -0.448. The summed E-state index contributed by atoms with van der Waals surface area (Å²) in [6.45, 7) is 0.489. The average Bonchev–Trinajstić information content (AvgIpc) is 3.37. The lowest BCUT2D eigenvalue weighted by Gasteiger charge is -2.17. The number of benzene rings is 3. The number of aromatic nitrogens is 1. The molecule has 3 aromatic carbocycles. The fourth-order valence-corrected chi connectivity index (χ4v) is 3.72. The standard InChI is InChI=1S/C22H15N3O4/c26-22(24-11-10-14-6-8-17(25(27)28)13-20(14)24)16-7-9-19-18(12-16)21(29-23-19)15-4-2-1-3-5-15/h1-9,12-13H,10-11H2. The van der Waals surface area contributed by atoms with Crippen molar-refractivity contribution >= 4 is 28.2 Å². The number of non-ortho nitro benzene ring substituents is 1. The summed E-state index contributed by atoms with van der Waals surface area (Å²) in [4.78, 5) is 25.5. The third kappa shape index (κ3) is 2.84. The monoisotopic (exact) mass is 385 g/mol. The summed E-state index contributed by atoms with van der Waals surface area (Å²) in [5.41, 5.74) is 3.53. The predicted molar refractivity (Wildman–Crippen MR) is 108 cm³/mol. The van der Waals surface area contributed by atoms with E-state index >= 15 is 0 Å². The van der Waals surface area contributed by atoms with Crippen LogP contribution in [-0.4, -0.2) is 22.5 Å². The van der Waals surface area contributed by atoms with Crippen LogP contribution in [-0.2, 0) is 6.42 Å². The van der Waals surface area contributed by atoms with E-state index in [0.29, 0.717) is 35.5 Å². The Hall–Kier alpha value is -4.00. The highest BCUT2D eigenvalue weighted by Crippen LogP contribution is 2.34. The van der Waals surface area contributed by atoms with Crippen molar-refractivity contribution in [2.75, 3.05) is 11.4 Å². The van der Waals surface area contributed by atoms with Crippen LogP contribution in [0.15, 0.2) is 71.3 Å². The van der Waals surface area contributed by atoms with Crippen LogP contribution in [0.2, 0.25) is 0 Å². The number of nitrogens with zero attached hydrogens (tertiary/aromatic N) is 3. The van der Waals surface area contributed by atoms with Crippen LogP contribution in [0.1, 0.15) is 15.9 Å². The number of fused-ring (bicyclic) bond motifs is 2. The largest absolute Gasteiger partial charge is 0.355 e. The van der Waals surface area contributed by atoms with Crippen molar-refractivity contribution in [2.45, 2.75) is 6.42 Å². The van der Waals surface area contributed by atoms with E-state index in [0.717, 1.165) is 16.5 Å². The van der Waals surface area contributed by atoms with Crippen molar-refractivity contribution in [3.05, 3.63) is 88.0 Å². The van der Waals surface area contributed by atoms with E-state index in [-0.39, 0.29) is 11.6 Å². The molecule has 4 aromatic rings. The number of nitro groups is 1. The van der Waals surface area contributed by atoms with Crippen molar-refractivity contribution in [1.29, 1.82) is 0 Å². The lowest BCUT2D eigenvalue weighted by Crippen LogP contribution is -2.28. The van der Waals surface area contributed by atoms with Crippen molar-refractivity contribution in [3.63, 3.8) is 0 Å². The lowest BCUT2D eigenvalue weighted by atomic mass is 10.1. The third-order valence-corrected chi connectivity index (χ3v) is 5.18. The molecule has 7 nitrogen and oxygen atoms in total. The number of nitro benzene ring substituents is 1. The first-order valence-corrected chi connectivity index (χ1v) is 9.16. The Kier molecular flexibility index (Phi) is 3.87. The number of hydrogen-bond acceptors (Lipinski definition) is 5. The smallest absolute Gasteiger partial charge is 0.271 e. The number of anilines is 1. The first kappa shape index (κ1) is 17.1. The highest BCUT2D eigenvalue weighted by atomic mass is 16.6. The Morgan fingerprint density at radius 1 is 1.07 bits per heavy atom. The van der Waals surface area contributed by atoms with Crippen LogP contribution in [0.5, 0.6) is 0 Å². The summed E-state index contributed by atoms with van der Waals surface area (Å²) < 4.78 is 5.51. The molecule has 0 aliphatic carbocycles. The number of rotatable bonds is 3. The minimum Gasteiger partial charge on any atom is -0.355 e. The van der Waals surface area contributed by atoms with Gasteiger partial charge in [0.15, 0.2) is 5.76 Å². The van der Waals surface area contributed by atoms with Gasteiger partial charge in [0, 0.05) is 29.8 Å². The van der Waals surface area contributed by atoms with Crippen LogP contribution in [0.25, 0.3) is 22.2 Å². The van der Waals surface area contributed by atoms with Crippen LogP contribution in [0.3, 0.4) is 0 Å². The molecule has 7 heteroatoms. The van der Waals surface area contributed by atoms with Gasteiger partial charge in [0.05, 0.1) is 16.0 Å². The maximum Gasteiger partial charge on any atom is 0.271 e. The van der Waals surface area contributed by atoms with E-state index in [1.165, 1.54) is 12.1 Å². The van der Waals surface area contributed by atoms with Gasteiger partial charge in [-0.05, 0) is 30.2 Å². The molecule has 0 N–H and O–H groups in total. The fourth-order valence-electron chi connectivity index (χ4n) is 3.72. The molecule has 0 spiro atoms. The van der Waals surface area contributed by atoms with E-state index in [1.54, 1.807) is 29.2 Å². The van der Waals surface area contributed by atoms with Gasteiger partial charge in [-0.1, -0.05) is 41.6 Å². The zero-order chi connectivity index (χ0) is 20.0. The molecule has 1 amide bonds. The molecule has 0 fully saturated rings. The molecule has 0 saturated carbocycles. The number of amides is 1. The summed E-state index contributed by atoms with van der Waals surface area (Å²) in [6, 6.07) is 19.5. The molecule has 1 aliphatic rings. The molecule has 5 rings (SSSR count). The Balaban J connectivity index is 1.55. The van der Waals surface area contributed by atoms with Crippen LogP contribution in [0, 0.1) is 10.1 Å². The number of carbonyl (C=O) groups excluding carboxylic acids is 1. The average molecular weight is 385 g/mol. The normalized spacial score (nSPS) is 12.9. The van der Waals surface area contributed by atoms with E-state index < -0.39 is 4.92 Å². The van der Waals surface area contributed by atoms with Gasteiger partial charge in [0.2, 0.25) is 0 Å². The van der Waals surface area contributed by atoms with Gasteiger partial charge in [-0.15, -0.1) is 0 Å². The minimum absolute atomic E-state index is 0.0238. The van der Waals surface area contributed by atoms with Gasteiger partial charge >= 0.3 is 0 Å². The SMILES string of the molecule is O=C(c1ccc2noc(-c3ccccc3)c2c1)N1CCc2ccc([N+](=O)[O-])cc21. The predicted octanol–water partition coefficient (Wildman–Crippen LogP) is 4.61. The second kappa shape index (κ2) is 6.56. The fraction of sp³-hybridized carbons (Fsp3) is 0.0909. The second-order valence-electron chi connectivity index (χ2n) is 6.89. The zero-order valence-electron chi connectivity index (χ0n) is 15.2. The topological polar surface area (TPSA) is 89.5 Å². The molecular formula is C22H15N3O4. The van der Waals surface area contributed by atoms with Gasteiger partial charge in [-0.3, -0.25) is 14.9 Å². The summed E-state index contributed by atoms with van der Waals surface area (Å²) in [5, 5.41) is 16.0. The van der Waals surface area contributed by atoms with Gasteiger partial charge in [0.25, 0.3) is 11.6 Å². The molecule has 0 bridgehead atoms. The highest BCUT2D eigenvalue weighted by molar-refractivity contribution is 6.09. The van der Waals surface area contributed by atoms with Gasteiger partial charge in [-0.25, -0.2) is 0 Å². The maximum atomic E-state index is 13.2. The summed E-state index contributed by atoms with van der Waals surface area (Å²) in [6.07, 6.45) is 0.670.